The number of fused-ring (bicyclic) bond motifs is 1. The second kappa shape index (κ2) is 3.37. The fourth-order valence-corrected chi connectivity index (χ4v) is 1.66. The number of halogens is 1. The first kappa shape index (κ1) is 9.69. The molecule has 1 aliphatic heterocycles. The van der Waals surface area contributed by atoms with Gasteiger partial charge in [-0.25, -0.2) is 0 Å². The summed E-state index contributed by atoms with van der Waals surface area (Å²) in [5, 5.41) is 8.97. The van der Waals surface area contributed by atoms with Crippen LogP contribution in [0.25, 0.3) is 0 Å². The van der Waals surface area contributed by atoms with Gasteiger partial charge in [0.2, 0.25) is 0 Å². The number of carbonyl (C=O) groups excluding carboxylic acids is 2. The van der Waals surface area contributed by atoms with E-state index in [1.807, 2.05) is 6.07 Å². The molecule has 1 aromatic rings. The topological polar surface area (TPSA) is 61.2 Å². The highest BCUT2D eigenvalue weighted by Gasteiger charge is 2.35. The molecule has 0 aliphatic carbocycles. The maximum atomic E-state index is 11.4. The molecule has 4 nitrogen and oxygen atoms in total. The van der Waals surface area contributed by atoms with Gasteiger partial charge in [0.1, 0.15) is 6.54 Å². The van der Waals surface area contributed by atoms with Crippen LogP contribution in [0.2, 0.25) is 5.02 Å². The Morgan fingerprint density at radius 3 is 2.80 bits per heavy atom. The number of hydrogen-bond acceptors (Lipinski definition) is 3. The molecule has 15 heavy (non-hydrogen) atoms. The highest BCUT2D eigenvalue weighted by molar-refractivity contribution is 6.52. The maximum absolute atomic E-state index is 11.4. The van der Waals surface area contributed by atoms with Crippen molar-refractivity contribution in [3.63, 3.8) is 0 Å². The van der Waals surface area contributed by atoms with E-state index in [1.165, 1.54) is 12.1 Å². The van der Waals surface area contributed by atoms with Gasteiger partial charge in [-0.1, -0.05) is 11.6 Å². The van der Waals surface area contributed by atoms with E-state index in [1.54, 1.807) is 6.07 Å². The Balaban J connectivity index is 2.57. The van der Waals surface area contributed by atoms with Crippen molar-refractivity contribution in [2.45, 2.75) is 0 Å². The van der Waals surface area contributed by atoms with Gasteiger partial charge in [0.05, 0.1) is 17.3 Å². The second-order valence-electron chi connectivity index (χ2n) is 3.04. The van der Waals surface area contributed by atoms with Crippen molar-refractivity contribution < 1.29 is 9.59 Å². The Kier molecular flexibility index (Phi) is 2.18. The molecule has 1 aromatic carbocycles. The standard InChI is InChI=1S/C10H5ClN2O2/c11-6-1-2-7-8(5-6)13(4-3-12)10(15)9(7)14/h1-2,5H,4H2. The van der Waals surface area contributed by atoms with Gasteiger partial charge in [-0.05, 0) is 18.2 Å². The summed E-state index contributed by atoms with van der Waals surface area (Å²) in [7, 11) is 0. The number of carbonyl (C=O) groups is 2. The molecule has 0 radical (unpaired) electrons. The predicted octanol–water partition coefficient (Wildman–Crippen LogP) is 1.39. The molecule has 2 rings (SSSR count). The van der Waals surface area contributed by atoms with Gasteiger partial charge in [0.25, 0.3) is 11.7 Å². The van der Waals surface area contributed by atoms with Crippen LogP contribution in [0.3, 0.4) is 0 Å². The van der Waals surface area contributed by atoms with Crippen LogP contribution in [0.1, 0.15) is 10.4 Å². The van der Waals surface area contributed by atoms with Crippen molar-refractivity contribution in [3.05, 3.63) is 28.8 Å². The van der Waals surface area contributed by atoms with E-state index in [0.29, 0.717) is 16.3 Å². The number of nitriles is 1. The van der Waals surface area contributed by atoms with E-state index < -0.39 is 11.7 Å². The largest absolute Gasteiger partial charge is 0.300 e. The maximum Gasteiger partial charge on any atom is 0.300 e. The third kappa shape index (κ3) is 1.37. The molecule has 0 fully saturated rings. The lowest BCUT2D eigenvalue weighted by Crippen LogP contribution is -2.29. The lowest BCUT2D eigenvalue weighted by atomic mass is 10.1. The first-order chi connectivity index (χ1) is 7.15. The third-order valence-electron chi connectivity index (χ3n) is 2.16. The number of hydrogen-bond donors (Lipinski definition) is 0. The number of benzene rings is 1. The smallest absolute Gasteiger partial charge is 0.291 e. The summed E-state index contributed by atoms with van der Waals surface area (Å²) in [4.78, 5) is 24.0. The summed E-state index contributed by atoms with van der Waals surface area (Å²) < 4.78 is 0. The predicted molar refractivity (Wildman–Crippen MR) is 53.7 cm³/mol. The van der Waals surface area contributed by atoms with Crippen LogP contribution in [-0.4, -0.2) is 18.2 Å². The van der Waals surface area contributed by atoms with Gasteiger partial charge >= 0.3 is 0 Å². The summed E-state index contributed by atoms with van der Waals surface area (Å²) in [6, 6.07) is 6.38. The molecule has 0 saturated heterocycles. The molecular weight excluding hydrogens is 216 g/mol. The van der Waals surface area contributed by atoms with Crippen molar-refractivity contribution >= 4 is 29.0 Å². The molecule has 0 atom stereocenters. The number of amides is 1. The molecule has 0 unspecified atom stereocenters. The van der Waals surface area contributed by atoms with Gasteiger partial charge in [-0.15, -0.1) is 0 Å². The Morgan fingerprint density at radius 2 is 2.13 bits per heavy atom. The zero-order valence-electron chi connectivity index (χ0n) is 7.53. The molecular formula is C10H5ClN2O2. The molecule has 1 amide bonds. The van der Waals surface area contributed by atoms with Gasteiger partial charge in [0.15, 0.2) is 0 Å². The molecule has 1 aliphatic rings. The quantitative estimate of drug-likeness (QED) is 0.531. The molecule has 0 bridgehead atoms. The number of ketones is 1. The number of nitrogens with zero attached hydrogens (tertiary/aromatic N) is 2. The summed E-state index contributed by atoms with van der Waals surface area (Å²) >= 11 is 5.75. The fraction of sp³-hybridized carbons (Fsp3) is 0.100. The number of rotatable bonds is 1. The summed E-state index contributed by atoms with van der Waals surface area (Å²) in [5.41, 5.74) is 0.721. The zero-order valence-corrected chi connectivity index (χ0v) is 8.28. The molecule has 0 spiro atoms. The summed E-state index contributed by atoms with van der Waals surface area (Å²) in [6.07, 6.45) is 0. The Labute approximate surface area is 90.7 Å². The van der Waals surface area contributed by atoms with E-state index in [4.69, 9.17) is 16.9 Å². The van der Waals surface area contributed by atoms with E-state index in [2.05, 4.69) is 0 Å². The minimum absolute atomic E-state index is 0.141. The molecule has 0 saturated carbocycles. The SMILES string of the molecule is N#CCN1C(=O)C(=O)c2ccc(Cl)cc21. The molecule has 74 valence electrons. The average Bonchev–Trinajstić information content (AvgIpc) is 2.44. The highest BCUT2D eigenvalue weighted by Crippen LogP contribution is 2.30. The van der Waals surface area contributed by atoms with Crippen molar-refractivity contribution in [2.75, 3.05) is 11.4 Å². The van der Waals surface area contributed by atoms with Crippen molar-refractivity contribution in [1.82, 2.24) is 0 Å². The highest BCUT2D eigenvalue weighted by atomic mass is 35.5. The number of anilines is 1. The molecule has 5 heteroatoms. The van der Waals surface area contributed by atoms with Gasteiger partial charge in [-0.3, -0.25) is 14.5 Å². The van der Waals surface area contributed by atoms with E-state index in [-0.39, 0.29) is 6.54 Å². The number of Topliss-reactive ketones (excluding diaryl/α,β-unsaturated/α-hetero) is 1. The van der Waals surface area contributed by atoms with Crippen LogP contribution < -0.4 is 4.90 Å². The Morgan fingerprint density at radius 1 is 1.40 bits per heavy atom. The van der Waals surface area contributed by atoms with Crippen LogP contribution in [0.4, 0.5) is 5.69 Å². The van der Waals surface area contributed by atoms with Gasteiger partial charge in [-0.2, -0.15) is 5.26 Å². The Bertz CT molecular complexity index is 505. The van der Waals surface area contributed by atoms with Crippen LogP contribution in [-0.2, 0) is 4.79 Å². The Hall–Kier alpha value is -1.86. The van der Waals surface area contributed by atoms with Crippen molar-refractivity contribution in [1.29, 1.82) is 5.26 Å². The normalized spacial score (nSPS) is 14.0. The van der Waals surface area contributed by atoms with Gasteiger partial charge < -0.3 is 0 Å². The molecule has 0 aromatic heterocycles. The van der Waals surface area contributed by atoms with Crippen LogP contribution in [0, 0.1) is 11.3 Å². The first-order valence-electron chi connectivity index (χ1n) is 4.18. The lowest BCUT2D eigenvalue weighted by molar-refractivity contribution is -0.114. The van der Waals surface area contributed by atoms with E-state index >= 15 is 0 Å². The van der Waals surface area contributed by atoms with Crippen molar-refractivity contribution in [2.24, 2.45) is 0 Å². The van der Waals surface area contributed by atoms with Gasteiger partial charge in [0, 0.05) is 5.02 Å². The summed E-state index contributed by atoms with van der Waals surface area (Å²) in [5.74, 6) is -1.26. The van der Waals surface area contributed by atoms with E-state index in [9.17, 15) is 9.59 Å². The lowest BCUT2D eigenvalue weighted by Gasteiger charge is -2.11. The fourth-order valence-electron chi connectivity index (χ4n) is 1.49. The van der Waals surface area contributed by atoms with Crippen LogP contribution in [0.15, 0.2) is 18.2 Å². The summed E-state index contributed by atoms with van der Waals surface area (Å²) in [6.45, 7) is -0.141. The molecule has 1 heterocycles. The third-order valence-corrected chi connectivity index (χ3v) is 2.40. The van der Waals surface area contributed by atoms with Crippen LogP contribution >= 0.6 is 11.6 Å². The second-order valence-corrected chi connectivity index (χ2v) is 3.48. The first-order valence-corrected chi connectivity index (χ1v) is 4.55. The van der Waals surface area contributed by atoms with E-state index in [0.717, 1.165) is 4.90 Å². The molecule has 0 N–H and O–H groups in total. The average molecular weight is 221 g/mol. The zero-order chi connectivity index (χ0) is 11.0. The minimum atomic E-state index is -0.672. The monoisotopic (exact) mass is 220 g/mol. The van der Waals surface area contributed by atoms with Crippen molar-refractivity contribution in [3.8, 4) is 6.07 Å². The minimum Gasteiger partial charge on any atom is -0.291 e. The van der Waals surface area contributed by atoms with Crippen LogP contribution in [0.5, 0.6) is 0 Å².